The average Bonchev–Trinajstić information content (AvgIpc) is 3.37. The van der Waals surface area contributed by atoms with Crippen LogP contribution in [0.4, 0.5) is 10.5 Å². The van der Waals surface area contributed by atoms with E-state index in [0.29, 0.717) is 36.9 Å². The van der Waals surface area contributed by atoms with Crippen molar-refractivity contribution in [1.29, 1.82) is 0 Å². The molecule has 6 heteroatoms. The Balaban J connectivity index is 1.64. The standard InChI is InChI=1S/C18H24N2O4/c1-12-8-14(17(21)22)10-20(9-12)18(23)19-15-4-2-3-5-16(15)24-11-13-6-7-13/h2-5,12-14H,6-11H2,1H3,(H,19,23)(H,21,22). The topological polar surface area (TPSA) is 78.9 Å². The second-order valence-corrected chi connectivity index (χ2v) is 6.96. The number of nitrogens with one attached hydrogen (secondary N) is 1. The molecule has 0 radical (unpaired) electrons. The summed E-state index contributed by atoms with van der Waals surface area (Å²) >= 11 is 0. The van der Waals surface area contributed by atoms with Gasteiger partial charge >= 0.3 is 12.0 Å². The molecule has 2 atom stereocenters. The molecule has 2 fully saturated rings. The van der Waals surface area contributed by atoms with E-state index in [1.807, 2.05) is 31.2 Å². The van der Waals surface area contributed by atoms with Crippen molar-refractivity contribution in [2.24, 2.45) is 17.8 Å². The largest absolute Gasteiger partial charge is 0.491 e. The summed E-state index contributed by atoms with van der Waals surface area (Å²) in [5.41, 5.74) is 0.633. The van der Waals surface area contributed by atoms with E-state index in [4.69, 9.17) is 4.74 Å². The van der Waals surface area contributed by atoms with Gasteiger partial charge in [-0.3, -0.25) is 4.79 Å². The minimum absolute atomic E-state index is 0.173. The third-order valence-electron chi connectivity index (χ3n) is 4.60. The van der Waals surface area contributed by atoms with Gasteiger partial charge in [-0.1, -0.05) is 19.1 Å². The summed E-state index contributed by atoms with van der Waals surface area (Å²) < 4.78 is 5.80. The number of carboxylic acid groups (broad SMARTS) is 1. The molecular formula is C18H24N2O4. The molecule has 2 amide bonds. The smallest absolute Gasteiger partial charge is 0.321 e. The number of likely N-dealkylation sites (tertiary alicyclic amines) is 1. The van der Waals surface area contributed by atoms with E-state index < -0.39 is 11.9 Å². The molecule has 1 aliphatic carbocycles. The van der Waals surface area contributed by atoms with Crippen LogP contribution in [0.15, 0.2) is 24.3 Å². The fourth-order valence-electron chi connectivity index (χ4n) is 3.08. The van der Waals surface area contributed by atoms with Gasteiger partial charge in [0.15, 0.2) is 0 Å². The Kier molecular flexibility index (Phi) is 4.92. The monoisotopic (exact) mass is 332 g/mol. The van der Waals surface area contributed by atoms with Crippen molar-refractivity contribution in [2.75, 3.05) is 25.0 Å². The highest BCUT2D eigenvalue weighted by molar-refractivity contribution is 5.91. The number of amides is 2. The van der Waals surface area contributed by atoms with Gasteiger partial charge in [0.1, 0.15) is 5.75 Å². The summed E-state index contributed by atoms with van der Waals surface area (Å²) in [5, 5.41) is 12.1. The predicted molar refractivity (Wildman–Crippen MR) is 90.2 cm³/mol. The van der Waals surface area contributed by atoms with Crippen LogP contribution in [0.2, 0.25) is 0 Å². The normalized spacial score (nSPS) is 23.6. The first-order chi connectivity index (χ1) is 11.5. The number of carbonyl (C=O) groups is 2. The zero-order valence-corrected chi connectivity index (χ0v) is 13.9. The molecule has 1 saturated carbocycles. The van der Waals surface area contributed by atoms with E-state index in [1.54, 1.807) is 4.90 Å². The minimum Gasteiger partial charge on any atom is -0.491 e. The van der Waals surface area contributed by atoms with Crippen LogP contribution in [0.3, 0.4) is 0 Å². The highest BCUT2D eigenvalue weighted by Gasteiger charge is 2.32. The van der Waals surface area contributed by atoms with Crippen LogP contribution in [0.5, 0.6) is 5.75 Å². The summed E-state index contributed by atoms with van der Waals surface area (Å²) in [7, 11) is 0. The van der Waals surface area contributed by atoms with Gasteiger partial charge in [-0.05, 0) is 43.2 Å². The van der Waals surface area contributed by atoms with Crippen LogP contribution < -0.4 is 10.1 Å². The number of urea groups is 1. The van der Waals surface area contributed by atoms with Gasteiger partial charge in [0.2, 0.25) is 0 Å². The van der Waals surface area contributed by atoms with E-state index in [9.17, 15) is 14.7 Å². The van der Waals surface area contributed by atoms with Crippen molar-refractivity contribution in [3.8, 4) is 5.75 Å². The van der Waals surface area contributed by atoms with Crippen LogP contribution in [-0.2, 0) is 4.79 Å². The van der Waals surface area contributed by atoms with E-state index >= 15 is 0 Å². The third kappa shape index (κ3) is 4.19. The van der Waals surface area contributed by atoms with Crippen LogP contribution in [-0.4, -0.2) is 41.7 Å². The second-order valence-electron chi connectivity index (χ2n) is 6.96. The number of rotatable bonds is 5. The second kappa shape index (κ2) is 7.11. The SMILES string of the molecule is CC1CC(C(=O)O)CN(C(=O)Nc2ccccc2OCC2CC2)C1. The average molecular weight is 332 g/mol. The van der Waals surface area contributed by atoms with Gasteiger partial charge in [0, 0.05) is 13.1 Å². The molecule has 24 heavy (non-hydrogen) atoms. The fraction of sp³-hybridized carbons (Fsp3) is 0.556. The highest BCUT2D eigenvalue weighted by Crippen LogP contribution is 2.32. The van der Waals surface area contributed by atoms with Crippen molar-refractivity contribution in [3.05, 3.63) is 24.3 Å². The van der Waals surface area contributed by atoms with Crippen molar-refractivity contribution >= 4 is 17.7 Å². The number of hydrogen-bond donors (Lipinski definition) is 2. The van der Waals surface area contributed by atoms with Gasteiger partial charge in [-0.15, -0.1) is 0 Å². The highest BCUT2D eigenvalue weighted by atomic mass is 16.5. The van der Waals surface area contributed by atoms with Crippen LogP contribution in [0.25, 0.3) is 0 Å². The summed E-state index contributed by atoms with van der Waals surface area (Å²) in [6, 6.07) is 7.11. The summed E-state index contributed by atoms with van der Waals surface area (Å²) in [6.45, 7) is 3.47. The van der Waals surface area contributed by atoms with Crippen molar-refractivity contribution in [2.45, 2.75) is 26.2 Å². The number of para-hydroxylation sites is 2. The Bertz CT molecular complexity index is 615. The minimum atomic E-state index is -0.840. The molecule has 6 nitrogen and oxygen atoms in total. The molecule has 2 aliphatic rings. The number of aliphatic carboxylic acids is 1. The van der Waals surface area contributed by atoms with E-state index in [2.05, 4.69) is 5.32 Å². The molecule has 130 valence electrons. The molecule has 1 aromatic carbocycles. The zero-order chi connectivity index (χ0) is 17.1. The summed E-state index contributed by atoms with van der Waals surface area (Å²) in [5.74, 6) is 0.131. The Morgan fingerprint density at radius 2 is 2.04 bits per heavy atom. The lowest BCUT2D eigenvalue weighted by Crippen LogP contribution is -2.47. The summed E-state index contributed by atoms with van der Waals surface area (Å²) in [6.07, 6.45) is 3.02. The first-order valence-corrected chi connectivity index (χ1v) is 8.53. The maximum Gasteiger partial charge on any atom is 0.321 e. The van der Waals surface area contributed by atoms with Crippen molar-refractivity contribution in [1.82, 2.24) is 4.90 Å². The maximum absolute atomic E-state index is 12.6. The number of carbonyl (C=O) groups excluding carboxylic acids is 1. The molecule has 1 aliphatic heterocycles. The Morgan fingerprint density at radius 3 is 2.75 bits per heavy atom. The molecule has 1 saturated heterocycles. The van der Waals surface area contributed by atoms with Crippen molar-refractivity contribution in [3.63, 3.8) is 0 Å². The van der Waals surface area contributed by atoms with Gasteiger partial charge < -0.3 is 20.1 Å². The van der Waals surface area contributed by atoms with E-state index in [0.717, 1.165) is 0 Å². The molecule has 1 aromatic rings. The molecule has 3 rings (SSSR count). The molecular weight excluding hydrogens is 308 g/mol. The fourth-order valence-corrected chi connectivity index (χ4v) is 3.08. The van der Waals surface area contributed by atoms with Crippen LogP contribution >= 0.6 is 0 Å². The molecule has 2 unspecified atom stereocenters. The zero-order valence-electron chi connectivity index (χ0n) is 13.9. The lowest BCUT2D eigenvalue weighted by molar-refractivity contribution is -0.143. The Labute approximate surface area is 141 Å². The maximum atomic E-state index is 12.6. The summed E-state index contributed by atoms with van der Waals surface area (Å²) in [4.78, 5) is 25.4. The number of carboxylic acids is 1. The lowest BCUT2D eigenvalue weighted by Gasteiger charge is -2.34. The van der Waals surface area contributed by atoms with Gasteiger partial charge in [0.25, 0.3) is 0 Å². The van der Waals surface area contributed by atoms with Crippen LogP contribution in [0, 0.1) is 17.8 Å². The Hall–Kier alpha value is -2.24. The first-order valence-electron chi connectivity index (χ1n) is 8.53. The molecule has 0 spiro atoms. The number of ether oxygens (including phenoxy) is 1. The Morgan fingerprint density at radius 1 is 1.29 bits per heavy atom. The number of benzene rings is 1. The number of anilines is 1. The third-order valence-corrected chi connectivity index (χ3v) is 4.60. The quantitative estimate of drug-likeness (QED) is 0.868. The molecule has 0 aromatic heterocycles. The number of hydrogen-bond acceptors (Lipinski definition) is 3. The molecule has 0 bridgehead atoms. The molecule has 2 N–H and O–H groups in total. The molecule has 1 heterocycles. The van der Waals surface area contributed by atoms with Crippen molar-refractivity contribution < 1.29 is 19.4 Å². The van der Waals surface area contributed by atoms with Gasteiger partial charge in [0.05, 0.1) is 18.2 Å². The van der Waals surface area contributed by atoms with Gasteiger partial charge in [-0.2, -0.15) is 0 Å². The van der Waals surface area contributed by atoms with Crippen LogP contribution in [0.1, 0.15) is 26.2 Å². The van der Waals surface area contributed by atoms with Gasteiger partial charge in [-0.25, -0.2) is 4.79 Å². The van der Waals surface area contributed by atoms with E-state index in [-0.39, 0.29) is 18.5 Å². The lowest BCUT2D eigenvalue weighted by atomic mass is 9.91. The number of nitrogens with zero attached hydrogens (tertiary/aromatic N) is 1. The number of piperidine rings is 1. The first kappa shape index (κ1) is 16.6. The predicted octanol–water partition coefficient (Wildman–Crippen LogP) is 3.05. The van der Waals surface area contributed by atoms with E-state index in [1.165, 1.54) is 12.8 Å².